The van der Waals surface area contributed by atoms with E-state index in [1.165, 1.54) is 0 Å². The summed E-state index contributed by atoms with van der Waals surface area (Å²) >= 11 is 0. The second-order valence-electron chi connectivity index (χ2n) is 5.00. The zero-order valence-corrected chi connectivity index (χ0v) is 9.38. The maximum absolute atomic E-state index is 9.91. The van der Waals surface area contributed by atoms with Crippen LogP contribution in [0.15, 0.2) is 0 Å². The number of rotatable bonds is 3. The van der Waals surface area contributed by atoms with Crippen molar-refractivity contribution in [1.29, 1.82) is 0 Å². The van der Waals surface area contributed by atoms with Gasteiger partial charge in [-0.05, 0) is 25.2 Å². The first-order valence-corrected chi connectivity index (χ1v) is 5.39. The molecule has 0 amide bonds. The van der Waals surface area contributed by atoms with Crippen molar-refractivity contribution in [2.45, 2.75) is 39.7 Å². The van der Waals surface area contributed by atoms with E-state index in [0.717, 1.165) is 37.9 Å². The number of aliphatic hydroxyl groups is 1. The van der Waals surface area contributed by atoms with Crippen LogP contribution in [0.25, 0.3) is 0 Å². The van der Waals surface area contributed by atoms with Gasteiger partial charge in [0.1, 0.15) is 0 Å². The van der Waals surface area contributed by atoms with Crippen LogP contribution in [0, 0.1) is 11.8 Å². The van der Waals surface area contributed by atoms with Gasteiger partial charge in [-0.15, -0.1) is 0 Å². The van der Waals surface area contributed by atoms with E-state index < -0.39 is 5.60 Å². The van der Waals surface area contributed by atoms with E-state index in [4.69, 9.17) is 0 Å². The minimum Gasteiger partial charge on any atom is -0.389 e. The lowest BCUT2D eigenvalue weighted by Gasteiger charge is -2.27. The molecule has 1 N–H and O–H groups in total. The van der Waals surface area contributed by atoms with E-state index in [1.54, 1.807) is 0 Å². The van der Waals surface area contributed by atoms with Gasteiger partial charge in [-0.2, -0.15) is 0 Å². The topological polar surface area (TPSA) is 23.5 Å². The highest BCUT2D eigenvalue weighted by Crippen LogP contribution is 2.24. The molecule has 1 heterocycles. The first-order chi connectivity index (χ1) is 5.94. The molecule has 0 aliphatic carbocycles. The van der Waals surface area contributed by atoms with Gasteiger partial charge in [-0.3, -0.25) is 4.90 Å². The largest absolute Gasteiger partial charge is 0.389 e. The third-order valence-corrected chi connectivity index (χ3v) is 3.39. The Bertz CT molecular complexity index is 157. The molecule has 1 aliphatic heterocycles. The monoisotopic (exact) mass is 185 g/mol. The van der Waals surface area contributed by atoms with Gasteiger partial charge in [0.05, 0.1) is 5.60 Å². The molecular weight excluding hydrogens is 162 g/mol. The van der Waals surface area contributed by atoms with Gasteiger partial charge in [0.2, 0.25) is 0 Å². The van der Waals surface area contributed by atoms with E-state index in [0.29, 0.717) is 0 Å². The summed E-state index contributed by atoms with van der Waals surface area (Å²) in [6, 6.07) is 0. The molecule has 0 spiro atoms. The van der Waals surface area contributed by atoms with Crippen LogP contribution < -0.4 is 0 Å². The van der Waals surface area contributed by atoms with Crippen molar-refractivity contribution in [3.05, 3.63) is 0 Å². The summed E-state index contributed by atoms with van der Waals surface area (Å²) in [4.78, 5) is 2.39. The van der Waals surface area contributed by atoms with Gasteiger partial charge in [-0.1, -0.05) is 20.8 Å². The second kappa shape index (κ2) is 3.97. The van der Waals surface area contributed by atoms with E-state index in [9.17, 15) is 5.11 Å². The molecule has 13 heavy (non-hydrogen) atoms. The van der Waals surface area contributed by atoms with E-state index in [2.05, 4.69) is 18.7 Å². The summed E-state index contributed by atoms with van der Waals surface area (Å²) in [6.45, 7) is 11.7. The highest BCUT2D eigenvalue weighted by molar-refractivity contribution is 4.83. The Morgan fingerprint density at radius 1 is 1.31 bits per heavy atom. The standard InChI is InChI=1S/C11H23NO/c1-5-11(4,13)8-12-6-9(2)10(3)7-12/h9-10,13H,5-8H2,1-4H3. The molecule has 3 unspecified atom stereocenters. The lowest BCUT2D eigenvalue weighted by molar-refractivity contribution is 0.0217. The Labute approximate surface area is 81.9 Å². The minimum atomic E-state index is -0.496. The third kappa shape index (κ3) is 2.96. The normalized spacial score (nSPS) is 34.8. The Kier molecular flexibility index (Phi) is 3.36. The Hall–Kier alpha value is -0.0800. The maximum atomic E-state index is 9.91. The summed E-state index contributed by atoms with van der Waals surface area (Å²) in [5, 5.41) is 9.91. The lowest BCUT2D eigenvalue weighted by Crippen LogP contribution is -2.39. The van der Waals surface area contributed by atoms with Crippen molar-refractivity contribution in [3.63, 3.8) is 0 Å². The molecule has 1 fully saturated rings. The van der Waals surface area contributed by atoms with Crippen molar-refractivity contribution in [1.82, 2.24) is 4.90 Å². The summed E-state index contributed by atoms with van der Waals surface area (Å²) in [5.41, 5.74) is -0.496. The molecule has 1 aliphatic rings. The molecule has 78 valence electrons. The molecule has 0 bridgehead atoms. The van der Waals surface area contributed by atoms with Crippen molar-refractivity contribution < 1.29 is 5.11 Å². The number of nitrogens with zero attached hydrogens (tertiary/aromatic N) is 1. The minimum absolute atomic E-state index is 0.496. The SMILES string of the molecule is CCC(C)(O)CN1CC(C)C(C)C1. The fourth-order valence-corrected chi connectivity index (χ4v) is 1.97. The van der Waals surface area contributed by atoms with Gasteiger partial charge < -0.3 is 5.11 Å². The molecule has 2 heteroatoms. The molecule has 0 aromatic carbocycles. The average molecular weight is 185 g/mol. The van der Waals surface area contributed by atoms with E-state index in [-0.39, 0.29) is 0 Å². The summed E-state index contributed by atoms with van der Waals surface area (Å²) < 4.78 is 0. The van der Waals surface area contributed by atoms with Crippen LogP contribution in [-0.4, -0.2) is 35.2 Å². The van der Waals surface area contributed by atoms with Crippen LogP contribution in [0.4, 0.5) is 0 Å². The van der Waals surface area contributed by atoms with Crippen LogP contribution in [-0.2, 0) is 0 Å². The molecule has 0 saturated carbocycles. The quantitative estimate of drug-likeness (QED) is 0.724. The molecular formula is C11H23NO. The van der Waals surface area contributed by atoms with Crippen LogP contribution >= 0.6 is 0 Å². The van der Waals surface area contributed by atoms with Crippen molar-refractivity contribution in [2.24, 2.45) is 11.8 Å². The lowest BCUT2D eigenvalue weighted by atomic mass is 10.0. The van der Waals surface area contributed by atoms with Crippen molar-refractivity contribution in [2.75, 3.05) is 19.6 Å². The predicted molar refractivity (Wildman–Crippen MR) is 55.7 cm³/mol. The first kappa shape index (κ1) is 11.0. The molecule has 0 aromatic heterocycles. The molecule has 3 atom stereocenters. The highest BCUT2D eigenvalue weighted by atomic mass is 16.3. The van der Waals surface area contributed by atoms with Gasteiger partial charge in [0.25, 0.3) is 0 Å². The van der Waals surface area contributed by atoms with Crippen LogP contribution in [0.5, 0.6) is 0 Å². The van der Waals surface area contributed by atoms with Gasteiger partial charge in [0.15, 0.2) is 0 Å². The van der Waals surface area contributed by atoms with Gasteiger partial charge in [0, 0.05) is 19.6 Å². The van der Waals surface area contributed by atoms with Gasteiger partial charge >= 0.3 is 0 Å². The van der Waals surface area contributed by atoms with E-state index >= 15 is 0 Å². The fourth-order valence-electron chi connectivity index (χ4n) is 1.97. The van der Waals surface area contributed by atoms with Crippen molar-refractivity contribution in [3.8, 4) is 0 Å². The van der Waals surface area contributed by atoms with Crippen LogP contribution in [0.1, 0.15) is 34.1 Å². The zero-order valence-electron chi connectivity index (χ0n) is 9.38. The number of β-amino-alcohol motifs (C(OH)–C–C–N with tert-alkyl or cyclic N) is 1. The van der Waals surface area contributed by atoms with E-state index in [1.807, 2.05) is 13.8 Å². The van der Waals surface area contributed by atoms with Gasteiger partial charge in [-0.25, -0.2) is 0 Å². The number of hydrogen-bond acceptors (Lipinski definition) is 2. The summed E-state index contributed by atoms with van der Waals surface area (Å²) in [7, 11) is 0. The van der Waals surface area contributed by atoms with Crippen LogP contribution in [0.2, 0.25) is 0 Å². The fraction of sp³-hybridized carbons (Fsp3) is 1.00. The highest BCUT2D eigenvalue weighted by Gasteiger charge is 2.30. The molecule has 0 aromatic rings. The first-order valence-electron chi connectivity index (χ1n) is 5.39. The van der Waals surface area contributed by atoms with Crippen LogP contribution in [0.3, 0.4) is 0 Å². The Morgan fingerprint density at radius 3 is 2.15 bits per heavy atom. The Morgan fingerprint density at radius 2 is 1.77 bits per heavy atom. The zero-order chi connectivity index (χ0) is 10.1. The summed E-state index contributed by atoms with van der Waals surface area (Å²) in [6.07, 6.45) is 0.840. The second-order valence-corrected chi connectivity index (χ2v) is 5.00. The number of likely N-dealkylation sites (tertiary alicyclic amines) is 1. The smallest absolute Gasteiger partial charge is 0.0743 e. The Balaban J connectivity index is 2.40. The predicted octanol–water partition coefficient (Wildman–Crippen LogP) is 1.74. The molecule has 0 radical (unpaired) electrons. The third-order valence-electron chi connectivity index (χ3n) is 3.39. The average Bonchev–Trinajstić information content (AvgIpc) is 2.30. The van der Waals surface area contributed by atoms with Crippen molar-refractivity contribution >= 4 is 0 Å². The summed E-state index contributed by atoms with van der Waals surface area (Å²) in [5.74, 6) is 1.57. The molecule has 2 nitrogen and oxygen atoms in total. The maximum Gasteiger partial charge on any atom is 0.0743 e. The number of hydrogen-bond donors (Lipinski definition) is 1. The molecule has 1 saturated heterocycles. The molecule has 1 rings (SSSR count).